The Kier molecular flexibility index (Phi) is 4.52. The molecule has 1 heterocycles. The molecule has 2 aromatic rings. The molecule has 112 valence electrons. The van der Waals surface area contributed by atoms with Gasteiger partial charge in [-0.25, -0.2) is 13.4 Å². The lowest BCUT2D eigenvalue weighted by Crippen LogP contribution is -2.28. The van der Waals surface area contributed by atoms with Crippen molar-refractivity contribution in [3.63, 3.8) is 0 Å². The molecule has 2 rings (SSSR count). The largest absolute Gasteiger partial charge is 0.340 e. The quantitative estimate of drug-likeness (QED) is 0.824. The first-order valence-electron chi connectivity index (χ1n) is 6.47. The van der Waals surface area contributed by atoms with Gasteiger partial charge in [-0.1, -0.05) is 12.1 Å². The number of aromatic nitrogens is 2. The zero-order valence-corrected chi connectivity index (χ0v) is 12.8. The van der Waals surface area contributed by atoms with Gasteiger partial charge < -0.3 is 4.90 Å². The lowest BCUT2D eigenvalue weighted by atomic mass is 10.3. The fourth-order valence-electron chi connectivity index (χ4n) is 1.87. The van der Waals surface area contributed by atoms with Crippen molar-refractivity contribution in [2.45, 2.75) is 13.0 Å². The van der Waals surface area contributed by atoms with Crippen molar-refractivity contribution in [1.82, 2.24) is 14.9 Å². The summed E-state index contributed by atoms with van der Waals surface area (Å²) >= 11 is 0. The van der Waals surface area contributed by atoms with Gasteiger partial charge in [0.15, 0.2) is 0 Å². The lowest BCUT2D eigenvalue weighted by Gasteiger charge is -2.16. The highest BCUT2D eigenvalue weighted by Crippen LogP contribution is 2.10. The second kappa shape index (κ2) is 6.17. The third-order valence-corrected chi connectivity index (χ3v) is 3.96. The number of hydrogen-bond donors (Lipinski definition) is 0. The Balaban J connectivity index is 2.03. The van der Waals surface area contributed by atoms with Crippen LogP contribution >= 0.6 is 0 Å². The van der Waals surface area contributed by atoms with Crippen LogP contribution in [0.15, 0.2) is 30.5 Å². The highest BCUT2D eigenvalue weighted by Gasteiger charge is 2.13. The smallest absolute Gasteiger partial charge is 0.223 e. The highest BCUT2D eigenvalue weighted by atomic mass is 32.2. The fourth-order valence-corrected chi connectivity index (χ4v) is 2.41. The van der Waals surface area contributed by atoms with E-state index in [0.29, 0.717) is 12.2 Å². The standard InChI is InChI=1S/C14H17N3O3S/c1-17(14(18)7-8-21(2,19)20)10-11-9-15-12-5-3-4-6-13(12)16-11/h3-6,9H,7-8,10H2,1-2H3. The topological polar surface area (TPSA) is 80.2 Å². The van der Waals surface area contributed by atoms with E-state index in [1.54, 1.807) is 13.2 Å². The summed E-state index contributed by atoms with van der Waals surface area (Å²) in [5.41, 5.74) is 2.24. The van der Waals surface area contributed by atoms with Crippen molar-refractivity contribution in [1.29, 1.82) is 0 Å². The van der Waals surface area contributed by atoms with Crippen molar-refractivity contribution >= 4 is 26.8 Å². The van der Waals surface area contributed by atoms with Gasteiger partial charge in [0.1, 0.15) is 9.84 Å². The predicted molar refractivity (Wildman–Crippen MR) is 80.3 cm³/mol. The van der Waals surface area contributed by atoms with E-state index in [1.165, 1.54) is 4.90 Å². The molecule has 0 N–H and O–H groups in total. The lowest BCUT2D eigenvalue weighted by molar-refractivity contribution is -0.130. The first-order chi connectivity index (χ1) is 9.85. The van der Waals surface area contributed by atoms with Crippen LogP contribution in [0.4, 0.5) is 0 Å². The molecule has 0 aliphatic carbocycles. The normalized spacial score (nSPS) is 11.5. The Morgan fingerprint density at radius 1 is 1.24 bits per heavy atom. The monoisotopic (exact) mass is 307 g/mol. The summed E-state index contributed by atoms with van der Waals surface area (Å²) < 4.78 is 22.1. The number of benzene rings is 1. The van der Waals surface area contributed by atoms with E-state index in [0.717, 1.165) is 17.3 Å². The van der Waals surface area contributed by atoms with Gasteiger partial charge in [0.25, 0.3) is 0 Å². The fraction of sp³-hybridized carbons (Fsp3) is 0.357. The molecule has 0 aliphatic rings. The van der Waals surface area contributed by atoms with Crippen LogP contribution in [0, 0.1) is 0 Å². The molecule has 0 saturated carbocycles. The minimum Gasteiger partial charge on any atom is -0.340 e. The average molecular weight is 307 g/mol. The molecule has 0 aliphatic heterocycles. The van der Waals surface area contributed by atoms with Gasteiger partial charge in [-0.2, -0.15) is 0 Å². The molecule has 1 aromatic carbocycles. The number of carbonyl (C=O) groups is 1. The summed E-state index contributed by atoms with van der Waals surface area (Å²) in [6.45, 7) is 0.306. The molecular formula is C14H17N3O3S. The van der Waals surface area contributed by atoms with Gasteiger partial charge >= 0.3 is 0 Å². The molecule has 0 spiro atoms. The molecule has 0 fully saturated rings. The van der Waals surface area contributed by atoms with E-state index in [-0.39, 0.29) is 18.1 Å². The number of nitrogens with zero attached hydrogens (tertiary/aromatic N) is 3. The van der Waals surface area contributed by atoms with Crippen LogP contribution in [0.2, 0.25) is 0 Å². The summed E-state index contributed by atoms with van der Waals surface area (Å²) in [4.78, 5) is 22.0. The number of hydrogen-bond acceptors (Lipinski definition) is 5. The maximum Gasteiger partial charge on any atom is 0.223 e. The summed E-state index contributed by atoms with van der Waals surface area (Å²) in [5.74, 6) is -0.366. The molecule has 1 amide bonds. The second-order valence-electron chi connectivity index (χ2n) is 4.98. The van der Waals surface area contributed by atoms with Crippen LogP contribution in [0.25, 0.3) is 11.0 Å². The summed E-state index contributed by atoms with van der Waals surface area (Å²) in [6.07, 6.45) is 2.73. The zero-order valence-electron chi connectivity index (χ0n) is 12.0. The van der Waals surface area contributed by atoms with Crippen LogP contribution in [-0.4, -0.2) is 48.2 Å². The molecule has 1 aromatic heterocycles. The Hall–Kier alpha value is -2.02. The van der Waals surface area contributed by atoms with Crippen LogP contribution in [-0.2, 0) is 21.2 Å². The highest BCUT2D eigenvalue weighted by molar-refractivity contribution is 7.90. The molecule has 6 nitrogen and oxygen atoms in total. The summed E-state index contributed by atoms with van der Waals surface area (Å²) in [5, 5.41) is 0. The average Bonchev–Trinajstić information content (AvgIpc) is 2.43. The Bertz CT molecular complexity index is 759. The van der Waals surface area contributed by atoms with Gasteiger partial charge in [0.2, 0.25) is 5.91 Å². The second-order valence-corrected chi connectivity index (χ2v) is 7.24. The Labute approximate surface area is 123 Å². The maximum atomic E-state index is 11.9. The number of para-hydroxylation sites is 2. The zero-order chi connectivity index (χ0) is 15.5. The van der Waals surface area contributed by atoms with Gasteiger partial charge in [-0.15, -0.1) is 0 Å². The van der Waals surface area contributed by atoms with Crippen molar-refractivity contribution < 1.29 is 13.2 Å². The van der Waals surface area contributed by atoms with Gasteiger partial charge in [-0.3, -0.25) is 9.78 Å². The minimum atomic E-state index is -3.13. The predicted octanol–water partition coefficient (Wildman–Crippen LogP) is 1.02. The molecule has 0 unspecified atom stereocenters. The van der Waals surface area contributed by atoms with E-state index in [2.05, 4.69) is 9.97 Å². The van der Waals surface area contributed by atoms with Gasteiger partial charge in [0, 0.05) is 19.7 Å². The first-order valence-corrected chi connectivity index (χ1v) is 8.53. The van der Waals surface area contributed by atoms with Crippen molar-refractivity contribution in [2.75, 3.05) is 19.1 Å². The molecule has 0 radical (unpaired) electrons. The van der Waals surface area contributed by atoms with E-state index < -0.39 is 9.84 Å². The number of amides is 1. The number of sulfone groups is 1. The molecular weight excluding hydrogens is 290 g/mol. The van der Waals surface area contributed by atoms with E-state index in [4.69, 9.17) is 0 Å². The van der Waals surface area contributed by atoms with E-state index >= 15 is 0 Å². The van der Waals surface area contributed by atoms with E-state index in [9.17, 15) is 13.2 Å². The Morgan fingerprint density at radius 3 is 2.57 bits per heavy atom. The van der Waals surface area contributed by atoms with Crippen molar-refractivity contribution in [2.24, 2.45) is 0 Å². The minimum absolute atomic E-state index is 0.0175. The summed E-state index contributed by atoms with van der Waals surface area (Å²) in [7, 11) is -1.50. The first kappa shape index (κ1) is 15.4. The van der Waals surface area contributed by atoms with Crippen LogP contribution in [0.5, 0.6) is 0 Å². The molecule has 7 heteroatoms. The molecule has 0 atom stereocenters. The Morgan fingerprint density at radius 2 is 1.90 bits per heavy atom. The molecule has 0 bridgehead atoms. The van der Waals surface area contributed by atoms with Crippen molar-refractivity contribution in [3.8, 4) is 0 Å². The SMILES string of the molecule is CN(Cc1cnc2ccccc2n1)C(=O)CCS(C)(=O)=O. The van der Waals surface area contributed by atoms with Crippen LogP contribution in [0.3, 0.4) is 0 Å². The van der Waals surface area contributed by atoms with E-state index in [1.807, 2.05) is 24.3 Å². The number of rotatable bonds is 5. The van der Waals surface area contributed by atoms with Crippen LogP contribution < -0.4 is 0 Å². The van der Waals surface area contributed by atoms with Gasteiger partial charge in [-0.05, 0) is 12.1 Å². The molecule has 21 heavy (non-hydrogen) atoms. The summed E-state index contributed by atoms with van der Waals surface area (Å²) in [6, 6.07) is 7.49. The van der Waals surface area contributed by atoms with Gasteiger partial charge in [0.05, 0.1) is 35.2 Å². The maximum absolute atomic E-state index is 11.9. The number of fused-ring (bicyclic) bond motifs is 1. The third kappa shape index (κ3) is 4.49. The van der Waals surface area contributed by atoms with Crippen LogP contribution in [0.1, 0.15) is 12.1 Å². The third-order valence-electron chi connectivity index (χ3n) is 3.01. The van der Waals surface area contributed by atoms with Crippen molar-refractivity contribution in [3.05, 3.63) is 36.2 Å². The number of carbonyl (C=O) groups excluding carboxylic acids is 1. The molecule has 0 saturated heterocycles.